The van der Waals surface area contributed by atoms with Crippen molar-refractivity contribution in [2.45, 2.75) is 0 Å². The average molecular weight is 398 g/mol. The molecule has 0 atom stereocenters. The topological polar surface area (TPSA) is 108 Å². The van der Waals surface area contributed by atoms with Crippen molar-refractivity contribution in [2.75, 3.05) is 28.4 Å². The molecule has 2 aromatic rings. The number of phenols is 1. The number of benzene rings is 2. The van der Waals surface area contributed by atoms with Gasteiger partial charge in [-0.2, -0.15) is 0 Å². The van der Waals surface area contributed by atoms with Crippen molar-refractivity contribution in [2.24, 2.45) is 0 Å². The standard InChI is InChI=1S/C21H18O8/c1-26-9-12(21(25)29-4)13-18(24)20(28-3)15-14(19(13)27-2)16(22)10-7-5-6-8-11(10)17(15)23/h5-9,24H,1-4H3. The summed E-state index contributed by atoms with van der Waals surface area (Å²) in [5.74, 6) is -2.85. The number of ketones is 2. The van der Waals surface area contributed by atoms with Gasteiger partial charge in [0.1, 0.15) is 11.3 Å². The van der Waals surface area contributed by atoms with E-state index in [9.17, 15) is 19.5 Å². The molecule has 0 saturated carbocycles. The number of carbonyl (C=O) groups excluding carboxylic acids is 3. The molecular weight excluding hydrogens is 380 g/mol. The third kappa shape index (κ3) is 2.89. The fraction of sp³-hybridized carbons (Fsp3) is 0.190. The van der Waals surface area contributed by atoms with Crippen LogP contribution in [0.3, 0.4) is 0 Å². The minimum Gasteiger partial charge on any atom is -0.504 e. The summed E-state index contributed by atoms with van der Waals surface area (Å²) in [5.41, 5.74) is -0.306. The summed E-state index contributed by atoms with van der Waals surface area (Å²) in [6.07, 6.45) is 1.04. The van der Waals surface area contributed by atoms with Crippen LogP contribution in [-0.4, -0.2) is 51.1 Å². The van der Waals surface area contributed by atoms with Crippen LogP contribution in [0.4, 0.5) is 0 Å². The Balaban J connectivity index is 2.48. The van der Waals surface area contributed by atoms with E-state index in [2.05, 4.69) is 0 Å². The molecule has 0 heterocycles. The molecule has 1 aliphatic rings. The second-order valence-electron chi connectivity index (χ2n) is 6.00. The van der Waals surface area contributed by atoms with E-state index in [0.29, 0.717) is 0 Å². The fourth-order valence-corrected chi connectivity index (χ4v) is 3.36. The van der Waals surface area contributed by atoms with Gasteiger partial charge in [0.05, 0.1) is 51.4 Å². The molecule has 0 bridgehead atoms. The lowest BCUT2D eigenvalue weighted by Gasteiger charge is -2.25. The van der Waals surface area contributed by atoms with Gasteiger partial charge in [-0.3, -0.25) is 9.59 Å². The number of carbonyl (C=O) groups is 3. The maximum absolute atomic E-state index is 13.2. The first-order valence-electron chi connectivity index (χ1n) is 8.43. The van der Waals surface area contributed by atoms with Crippen LogP contribution in [0.25, 0.3) is 5.57 Å². The highest BCUT2D eigenvalue weighted by Crippen LogP contribution is 2.49. The van der Waals surface area contributed by atoms with Gasteiger partial charge in [0.15, 0.2) is 23.1 Å². The lowest BCUT2D eigenvalue weighted by atomic mass is 9.81. The van der Waals surface area contributed by atoms with Crippen molar-refractivity contribution in [3.8, 4) is 17.2 Å². The molecule has 0 aliphatic heterocycles. The third-order valence-electron chi connectivity index (χ3n) is 4.57. The van der Waals surface area contributed by atoms with Gasteiger partial charge in [0.25, 0.3) is 0 Å². The summed E-state index contributed by atoms with van der Waals surface area (Å²) < 4.78 is 20.3. The predicted octanol–water partition coefficient (Wildman–Crippen LogP) is 2.35. The number of rotatable bonds is 5. The summed E-state index contributed by atoms with van der Waals surface area (Å²) in [7, 11) is 4.94. The smallest absolute Gasteiger partial charge is 0.341 e. The summed E-state index contributed by atoms with van der Waals surface area (Å²) >= 11 is 0. The maximum atomic E-state index is 13.2. The molecule has 3 rings (SSSR count). The number of aromatic hydroxyl groups is 1. The van der Waals surface area contributed by atoms with Gasteiger partial charge in [-0.25, -0.2) is 4.79 Å². The number of hydrogen-bond acceptors (Lipinski definition) is 8. The number of ether oxygens (including phenoxy) is 4. The molecule has 1 aliphatic carbocycles. The summed E-state index contributed by atoms with van der Waals surface area (Å²) in [5, 5.41) is 10.9. The lowest BCUT2D eigenvalue weighted by molar-refractivity contribution is -0.133. The second kappa shape index (κ2) is 7.67. The first-order chi connectivity index (χ1) is 13.9. The molecule has 0 radical (unpaired) electrons. The summed E-state index contributed by atoms with van der Waals surface area (Å²) in [6, 6.07) is 6.29. The van der Waals surface area contributed by atoms with Gasteiger partial charge < -0.3 is 24.1 Å². The van der Waals surface area contributed by atoms with E-state index in [1.165, 1.54) is 33.5 Å². The van der Waals surface area contributed by atoms with Crippen molar-refractivity contribution in [1.29, 1.82) is 0 Å². The molecule has 8 nitrogen and oxygen atoms in total. The number of hydrogen-bond donors (Lipinski definition) is 1. The summed E-state index contributed by atoms with van der Waals surface area (Å²) in [6.45, 7) is 0. The lowest BCUT2D eigenvalue weighted by Crippen LogP contribution is -2.23. The van der Waals surface area contributed by atoms with Crippen molar-refractivity contribution >= 4 is 23.1 Å². The van der Waals surface area contributed by atoms with Crippen LogP contribution in [0.1, 0.15) is 37.4 Å². The molecule has 150 valence electrons. The largest absolute Gasteiger partial charge is 0.504 e. The van der Waals surface area contributed by atoms with E-state index in [1.807, 2.05) is 0 Å². The highest BCUT2D eigenvalue weighted by atomic mass is 16.5. The SMILES string of the molecule is COC=C(C(=O)OC)c1c(O)c(OC)c2c(c1OC)C(=O)c1ccccc1C2=O. The van der Waals surface area contributed by atoms with Crippen molar-refractivity contribution in [1.82, 2.24) is 0 Å². The first kappa shape index (κ1) is 19.9. The van der Waals surface area contributed by atoms with Crippen LogP contribution >= 0.6 is 0 Å². The maximum Gasteiger partial charge on any atom is 0.341 e. The molecule has 0 unspecified atom stereocenters. The van der Waals surface area contributed by atoms with E-state index in [0.717, 1.165) is 13.4 Å². The molecule has 1 N–H and O–H groups in total. The Bertz CT molecular complexity index is 1060. The second-order valence-corrected chi connectivity index (χ2v) is 6.00. The normalized spacial score (nSPS) is 12.8. The van der Waals surface area contributed by atoms with Crippen molar-refractivity contribution < 1.29 is 38.4 Å². The molecule has 8 heteroatoms. The molecule has 0 aromatic heterocycles. The van der Waals surface area contributed by atoms with Gasteiger partial charge in [0.2, 0.25) is 0 Å². The highest BCUT2D eigenvalue weighted by molar-refractivity contribution is 6.32. The Labute approximate surface area is 166 Å². The predicted molar refractivity (Wildman–Crippen MR) is 102 cm³/mol. The Morgan fingerprint density at radius 1 is 0.897 bits per heavy atom. The number of esters is 1. The average Bonchev–Trinajstić information content (AvgIpc) is 2.74. The monoisotopic (exact) mass is 398 g/mol. The van der Waals surface area contributed by atoms with E-state index in [4.69, 9.17) is 18.9 Å². The Morgan fingerprint density at radius 2 is 1.41 bits per heavy atom. The van der Waals surface area contributed by atoms with Crippen LogP contribution in [0.15, 0.2) is 30.5 Å². The quantitative estimate of drug-likeness (QED) is 0.396. The van der Waals surface area contributed by atoms with Crippen molar-refractivity contribution in [3.63, 3.8) is 0 Å². The van der Waals surface area contributed by atoms with Gasteiger partial charge in [-0.1, -0.05) is 24.3 Å². The van der Waals surface area contributed by atoms with Gasteiger partial charge >= 0.3 is 5.97 Å². The van der Waals surface area contributed by atoms with E-state index in [1.54, 1.807) is 12.1 Å². The van der Waals surface area contributed by atoms with Crippen LogP contribution in [0.5, 0.6) is 17.2 Å². The Hall–Kier alpha value is -3.81. The molecule has 0 spiro atoms. The zero-order valence-electron chi connectivity index (χ0n) is 16.2. The molecule has 2 aromatic carbocycles. The Kier molecular flexibility index (Phi) is 5.27. The van der Waals surface area contributed by atoms with E-state index >= 15 is 0 Å². The van der Waals surface area contributed by atoms with Crippen LogP contribution in [0, 0.1) is 0 Å². The Morgan fingerprint density at radius 3 is 1.86 bits per heavy atom. The highest BCUT2D eigenvalue weighted by Gasteiger charge is 2.40. The summed E-state index contributed by atoms with van der Waals surface area (Å²) in [4.78, 5) is 38.7. The molecule has 0 fully saturated rings. The molecule has 0 amide bonds. The number of phenolic OH excluding ortho intramolecular Hbond substituents is 1. The van der Waals surface area contributed by atoms with Gasteiger partial charge in [0, 0.05) is 11.1 Å². The minimum absolute atomic E-state index is 0.119. The third-order valence-corrected chi connectivity index (χ3v) is 4.57. The first-order valence-corrected chi connectivity index (χ1v) is 8.43. The molecule has 0 saturated heterocycles. The van der Waals surface area contributed by atoms with Gasteiger partial charge in [-0.15, -0.1) is 0 Å². The number of methoxy groups -OCH3 is 4. The minimum atomic E-state index is -0.850. The van der Waals surface area contributed by atoms with Gasteiger partial charge in [-0.05, 0) is 0 Å². The van der Waals surface area contributed by atoms with Crippen LogP contribution < -0.4 is 9.47 Å². The van der Waals surface area contributed by atoms with E-state index in [-0.39, 0.29) is 44.9 Å². The zero-order chi connectivity index (χ0) is 21.3. The zero-order valence-corrected chi connectivity index (χ0v) is 16.2. The molecular formula is C21H18O8. The van der Waals surface area contributed by atoms with Crippen LogP contribution in [0.2, 0.25) is 0 Å². The van der Waals surface area contributed by atoms with Crippen LogP contribution in [-0.2, 0) is 14.3 Å². The van der Waals surface area contributed by atoms with Crippen molar-refractivity contribution in [3.05, 3.63) is 58.3 Å². The number of fused-ring (bicyclic) bond motifs is 2. The van der Waals surface area contributed by atoms with E-state index < -0.39 is 23.3 Å². The fourth-order valence-electron chi connectivity index (χ4n) is 3.36. The molecule has 29 heavy (non-hydrogen) atoms.